The van der Waals surface area contributed by atoms with Gasteiger partial charge < -0.3 is 15.5 Å². The molecule has 3 nitrogen and oxygen atoms in total. The van der Waals surface area contributed by atoms with Crippen molar-refractivity contribution >= 4 is 0 Å². The van der Waals surface area contributed by atoms with Gasteiger partial charge in [-0.25, -0.2) is 0 Å². The summed E-state index contributed by atoms with van der Waals surface area (Å²) in [6.45, 7) is 3.19. The topological polar surface area (TPSA) is 52.5 Å². The van der Waals surface area contributed by atoms with Crippen LogP contribution in [-0.2, 0) is 0 Å². The van der Waals surface area contributed by atoms with Crippen LogP contribution < -0.4 is 5.32 Å². The molecule has 3 N–H and O–H groups in total. The molecular weight excluding hydrogens is 166 g/mol. The number of rotatable bonds is 3. The maximum Gasteiger partial charge on any atom is 0.0801 e. The van der Waals surface area contributed by atoms with Gasteiger partial charge in [-0.3, -0.25) is 0 Å². The molecule has 0 aromatic heterocycles. The molecule has 0 heterocycles. The summed E-state index contributed by atoms with van der Waals surface area (Å²) in [7, 11) is 1.95. The van der Waals surface area contributed by atoms with Crippen LogP contribution in [0.1, 0.15) is 26.2 Å². The summed E-state index contributed by atoms with van der Waals surface area (Å²) in [5.74, 6) is 1.15. The molecule has 3 heteroatoms. The van der Waals surface area contributed by atoms with Crippen LogP contribution in [0.4, 0.5) is 0 Å². The minimum atomic E-state index is -0.502. The van der Waals surface area contributed by atoms with E-state index in [0.29, 0.717) is 11.8 Å². The molecule has 1 aliphatic rings. The average Bonchev–Trinajstić information content (AvgIpc) is 2.10. The lowest BCUT2D eigenvalue weighted by atomic mass is 9.78. The minimum Gasteiger partial charge on any atom is -0.390 e. The first-order valence-corrected chi connectivity index (χ1v) is 5.16. The summed E-state index contributed by atoms with van der Waals surface area (Å²) < 4.78 is 0. The van der Waals surface area contributed by atoms with Crippen LogP contribution in [0.3, 0.4) is 0 Å². The van der Waals surface area contributed by atoms with E-state index in [-0.39, 0.29) is 0 Å². The highest BCUT2D eigenvalue weighted by Gasteiger charge is 2.29. The summed E-state index contributed by atoms with van der Waals surface area (Å²) in [6.07, 6.45) is 1.56. The van der Waals surface area contributed by atoms with Crippen molar-refractivity contribution in [2.24, 2.45) is 11.8 Å². The molecular formula is C10H21NO2. The monoisotopic (exact) mass is 187 g/mol. The van der Waals surface area contributed by atoms with Crippen molar-refractivity contribution < 1.29 is 10.2 Å². The first kappa shape index (κ1) is 11.0. The molecule has 1 rings (SSSR count). The number of nitrogens with one attached hydrogen (secondary N) is 1. The zero-order valence-corrected chi connectivity index (χ0v) is 8.53. The van der Waals surface area contributed by atoms with Crippen LogP contribution in [0.15, 0.2) is 0 Å². The van der Waals surface area contributed by atoms with Gasteiger partial charge in [-0.2, -0.15) is 0 Å². The lowest BCUT2D eigenvalue weighted by Gasteiger charge is -2.33. The van der Waals surface area contributed by atoms with Gasteiger partial charge in [-0.1, -0.05) is 6.92 Å². The second-order valence-electron chi connectivity index (χ2n) is 4.24. The first-order chi connectivity index (χ1) is 6.15. The third-order valence-electron chi connectivity index (χ3n) is 3.15. The highest BCUT2D eigenvalue weighted by Crippen LogP contribution is 2.30. The van der Waals surface area contributed by atoms with Gasteiger partial charge in [0.2, 0.25) is 0 Å². The van der Waals surface area contributed by atoms with E-state index in [1.807, 2.05) is 7.05 Å². The summed E-state index contributed by atoms with van der Waals surface area (Å²) in [5.41, 5.74) is 0. The molecule has 0 bridgehead atoms. The van der Waals surface area contributed by atoms with Crippen LogP contribution in [0, 0.1) is 11.8 Å². The first-order valence-electron chi connectivity index (χ1n) is 5.16. The lowest BCUT2D eigenvalue weighted by Crippen LogP contribution is -2.37. The predicted molar refractivity (Wildman–Crippen MR) is 52.4 cm³/mol. The molecule has 78 valence electrons. The number of aliphatic hydroxyl groups excluding tert-OH is 2. The van der Waals surface area contributed by atoms with Crippen molar-refractivity contribution in [2.75, 3.05) is 13.6 Å². The molecule has 0 spiro atoms. The van der Waals surface area contributed by atoms with Crippen LogP contribution in [-0.4, -0.2) is 36.0 Å². The Morgan fingerprint density at radius 3 is 2.54 bits per heavy atom. The van der Waals surface area contributed by atoms with Gasteiger partial charge in [0.15, 0.2) is 0 Å². The maximum absolute atomic E-state index is 9.49. The second-order valence-corrected chi connectivity index (χ2v) is 4.24. The SMILES string of the molecule is CNC[C@H](C)C1CCC(O)C(O)C1. The molecule has 3 unspecified atom stereocenters. The number of hydrogen-bond donors (Lipinski definition) is 3. The Labute approximate surface area is 80.2 Å². The zero-order chi connectivity index (χ0) is 9.84. The van der Waals surface area contributed by atoms with Crippen molar-refractivity contribution in [3.63, 3.8) is 0 Å². The number of aliphatic hydroxyl groups is 2. The Morgan fingerprint density at radius 1 is 1.31 bits per heavy atom. The average molecular weight is 187 g/mol. The van der Waals surface area contributed by atoms with Crippen molar-refractivity contribution in [3.05, 3.63) is 0 Å². The van der Waals surface area contributed by atoms with Gasteiger partial charge in [-0.05, 0) is 44.7 Å². The standard InChI is InChI=1S/C10H21NO2/c1-7(6-11-2)8-3-4-9(12)10(13)5-8/h7-13H,3-6H2,1-2H3/t7-,8?,9?,10?/m0/s1. The third-order valence-corrected chi connectivity index (χ3v) is 3.15. The fourth-order valence-corrected chi connectivity index (χ4v) is 2.17. The van der Waals surface area contributed by atoms with E-state index in [9.17, 15) is 10.2 Å². The van der Waals surface area contributed by atoms with Crippen molar-refractivity contribution in [2.45, 2.75) is 38.4 Å². The van der Waals surface area contributed by atoms with Gasteiger partial charge in [0.25, 0.3) is 0 Å². The summed E-state index contributed by atoms with van der Waals surface area (Å²) in [5, 5.41) is 22.0. The Morgan fingerprint density at radius 2 is 2.00 bits per heavy atom. The van der Waals surface area contributed by atoms with Gasteiger partial charge >= 0.3 is 0 Å². The molecule has 0 aromatic rings. The molecule has 0 radical (unpaired) electrons. The fourth-order valence-electron chi connectivity index (χ4n) is 2.17. The van der Waals surface area contributed by atoms with Gasteiger partial charge in [-0.15, -0.1) is 0 Å². The highest BCUT2D eigenvalue weighted by atomic mass is 16.3. The minimum absolute atomic E-state index is 0.488. The number of hydrogen-bond acceptors (Lipinski definition) is 3. The van der Waals surface area contributed by atoms with E-state index in [4.69, 9.17) is 0 Å². The molecule has 0 aliphatic heterocycles. The van der Waals surface area contributed by atoms with Crippen molar-refractivity contribution in [1.29, 1.82) is 0 Å². The molecule has 1 saturated carbocycles. The zero-order valence-electron chi connectivity index (χ0n) is 8.53. The molecule has 1 aliphatic carbocycles. The van der Waals surface area contributed by atoms with Crippen LogP contribution in [0.2, 0.25) is 0 Å². The van der Waals surface area contributed by atoms with Crippen LogP contribution in [0.5, 0.6) is 0 Å². The summed E-state index contributed by atoms with van der Waals surface area (Å²) in [6, 6.07) is 0. The van der Waals surface area contributed by atoms with Crippen molar-refractivity contribution in [3.8, 4) is 0 Å². The van der Waals surface area contributed by atoms with Gasteiger partial charge in [0.05, 0.1) is 12.2 Å². The van der Waals surface area contributed by atoms with Crippen molar-refractivity contribution in [1.82, 2.24) is 5.32 Å². The normalized spacial score (nSPS) is 37.4. The fraction of sp³-hybridized carbons (Fsp3) is 1.00. The Balaban J connectivity index is 2.36. The van der Waals surface area contributed by atoms with E-state index in [2.05, 4.69) is 12.2 Å². The van der Waals surface area contributed by atoms with E-state index in [1.54, 1.807) is 0 Å². The van der Waals surface area contributed by atoms with E-state index in [1.165, 1.54) is 0 Å². The quantitative estimate of drug-likeness (QED) is 0.598. The third kappa shape index (κ3) is 2.93. The molecule has 4 atom stereocenters. The van der Waals surface area contributed by atoms with E-state index in [0.717, 1.165) is 25.8 Å². The predicted octanol–water partition coefficient (Wildman–Crippen LogP) is 0.364. The largest absolute Gasteiger partial charge is 0.390 e. The summed E-state index contributed by atoms with van der Waals surface area (Å²) >= 11 is 0. The van der Waals surface area contributed by atoms with Crippen LogP contribution in [0.25, 0.3) is 0 Å². The molecule has 1 fully saturated rings. The molecule has 0 aromatic carbocycles. The van der Waals surface area contributed by atoms with Crippen LogP contribution >= 0.6 is 0 Å². The van der Waals surface area contributed by atoms with Gasteiger partial charge in [0.1, 0.15) is 0 Å². The second kappa shape index (κ2) is 4.94. The van der Waals surface area contributed by atoms with E-state index < -0.39 is 12.2 Å². The molecule has 13 heavy (non-hydrogen) atoms. The lowest BCUT2D eigenvalue weighted by molar-refractivity contribution is -0.0331. The Kier molecular flexibility index (Phi) is 4.16. The maximum atomic E-state index is 9.49. The van der Waals surface area contributed by atoms with Gasteiger partial charge in [0, 0.05) is 0 Å². The van der Waals surface area contributed by atoms with E-state index >= 15 is 0 Å². The Bertz CT molecular complexity index is 152. The Hall–Kier alpha value is -0.120. The smallest absolute Gasteiger partial charge is 0.0801 e. The molecule has 0 saturated heterocycles. The summed E-state index contributed by atoms with van der Waals surface area (Å²) in [4.78, 5) is 0. The highest BCUT2D eigenvalue weighted by molar-refractivity contribution is 4.82. The molecule has 0 amide bonds.